The van der Waals surface area contributed by atoms with Crippen LogP contribution in [-0.2, 0) is 19.7 Å². The van der Waals surface area contributed by atoms with Gasteiger partial charge in [-0.3, -0.25) is 14.5 Å². The number of carbonyl (C=O) groups excluding carboxylic acids is 2. The number of methoxy groups -OCH3 is 1. The Labute approximate surface area is 172 Å². The normalized spacial score (nSPS) is 27.1. The topological polar surface area (TPSA) is 71.1 Å². The van der Waals surface area contributed by atoms with Crippen molar-refractivity contribution in [2.75, 3.05) is 53.0 Å². The van der Waals surface area contributed by atoms with Gasteiger partial charge in [-0.05, 0) is 43.5 Å². The lowest BCUT2D eigenvalue weighted by Gasteiger charge is -2.30. The Morgan fingerprint density at radius 1 is 1.34 bits per heavy atom. The summed E-state index contributed by atoms with van der Waals surface area (Å²) in [6.45, 7) is 5.55. The third kappa shape index (κ3) is 4.12. The SMILES string of the molecule is COc1cccc(C2(C(=O)NCCCN3CCOCC3)CC3CCC(=O)N3C2)c1. The van der Waals surface area contributed by atoms with Crippen LogP contribution in [0.4, 0.5) is 0 Å². The number of amides is 2. The fourth-order valence-corrected chi connectivity index (χ4v) is 4.90. The van der Waals surface area contributed by atoms with Crippen molar-refractivity contribution in [3.63, 3.8) is 0 Å². The molecule has 3 fully saturated rings. The molecule has 4 rings (SSSR count). The molecule has 158 valence electrons. The maximum absolute atomic E-state index is 13.4. The molecule has 3 saturated heterocycles. The van der Waals surface area contributed by atoms with E-state index < -0.39 is 5.41 Å². The van der Waals surface area contributed by atoms with Crippen molar-refractivity contribution in [3.8, 4) is 5.75 Å². The molecule has 7 nitrogen and oxygen atoms in total. The van der Waals surface area contributed by atoms with Crippen molar-refractivity contribution < 1.29 is 19.1 Å². The van der Waals surface area contributed by atoms with E-state index in [-0.39, 0.29) is 17.9 Å². The van der Waals surface area contributed by atoms with Gasteiger partial charge in [-0.1, -0.05) is 12.1 Å². The van der Waals surface area contributed by atoms with Crippen molar-refractivity contribution in [2.45, 2.75) is 37.1 Å². The van der Waals surface area contributed by atoms with E-state index >= 15 is 0 Å². The minimum absolute atomic E-state index is 0.0231. The molecule has 3 aliphatic heterocycles. The Hall–Kier alpha value is -2.12. The molecule has 2 unspecified atom stereocenters. The first-order chi connectivity index (χ1) is 14.1. The first kappa shape index (κ1) is 20.2. The summed E-state index contributed by atoms with van der Waals surface area (Å²) in [5, 5.41) is 3.17. The number of benzene rings is 1. The number of rotatable bonds is 7. The van der Waals surface area contributed by atoms with Gasteiger partial charge in [-0.15, -0.1) is 0 Å². The molecule has 7 heteroatoms. The number of nitrogens with one attached hydrogen (secondary N) is 1. The molecular formula is C22H31N3O4. The molecule has 0 saturated carbocycles. The molecule has 0 radical (unpaired) electrons. The van der Waals surface area contributed by atoms with Crippen LogP contribution in [0.2, 0.25) is 0 Å². The Morgan fingerprint density at radius 2 is 2.17 bits per heavy atom. The summed E-state index contributed by atoms with van der Waals surface area (Å²) in [5.41, 5.74) is 0.235. The van der Waals surface area contributed by atoms with Crippen LogP contribution in [0.5, 0.6) is 5.75 Å². The lowest BCUT2D eigenvalue weighted by molar-refractivity contribution is -0.129. The van der Waals surface area contributed by atoms with E-state index in [4.69, 9.17) is 9.47 Å². The summed E-state index contributed by atoms with van der Waals surface area (Å²) in [6.07, 6.45) is 3.03. The molecule has 1 aromatic carbocycles. The Bertz CT molecular complexity index is 749. The fourth-order valence-electron chi connectivity index (χ4n) is 4.90. The van der Waals surface area contributed by atoms with Crippen LogP contribution < -0.4 is 10.1 Å². The van der Waals surface area contributed by atoms with Crippen LogP contribution in [-0.4, -0.2) is 80.7 Å². The number of nitrogens with zero attached hydrogens (tertiary/aromatic N) is 2. The zero-order valence-corrected chi connectivity index (χ0v) is 17.2. The third-order valence-corrected chi connectivity index (χ3v) is 6.57. The monoisotopic (exact) mass is 401 g/mol. The quantitative estimate of drug-likeness (QED) is 0.695. The van der Waals surface area contributed by atoms with E-state index in [9.17, 15) is 9.59 Å². The van der Waals surface area contributed by atoms with Crippen LogP contribution in [0.1, 0.15) is 31.2 Å². The molecule has 0 spiro atoms. The molecule has 29 heavy (non-hydrogen) atoms. The molecule has 2 amide bonds. The molecule has 0 aliphatic carbocycles. The smallest absolute Gasteiger partial charge is 0.232 e. The average molecular weight is 402 g/mol. The highest BCUT2D eigenvalue weighted by atomic mass is 16.5. The van der Waals surface area contributed by atoms with E-state index in [1.54, 1.807) is 7.11 Å². The number of morpholine rings is 1. The first-order valence-electron chi connectivity index (χ1n) is 10.6. The van der Waals surface area contributed by atoms with Gasteiger partial charge in [0.25, 0.3) is 0 Å². The van der Waals surface area contributed by atoms with Gasteiger partial charge in [0.15, 0.2) is 0 Å². The van der Waals surface area contributed by atoms with Crippen molar-refractivity contribution >= 4 is 11.8 Å². The van der Waals surface area contributed by atoms with Crippen LogP contribution in [0.3, 0.4) is 0 Å². The van der Waals surface area contributed by atoms with Gasteiger partial charge >= 0.3 is 0 Å². The first-order valence-corrected chi connectivity index (χ1v) is 10.6. The number of hydrogen-bond acceptors (Lipinski definition) is 5. The maximum atomic E-state index is 13.4. The van der Waals surface area contributed by atoms with Gasteiger partial charge in [-0.2, -0.15) is 0 Å². The summed E-state index contributed by atoms with van der Waals surface area (Å²) < 4.78 is 10.8. The van der Waals surface area contributed by atoms with E-state index in [1.807, 2.05) is 29.2 Å². The highest BCUT2D eigenvalue weighted by Crippen LogP contribution is 2.43. The second-order valence-corrected chi connectivity index (χ2v) is 8.30. The number of hydrogen-bond donors (Lipinski definition) is 1. The van der Waals surface area contributed by atoms with Gasteiger partial charge in [0.1, 0.15) is 5.75 Å². The van der Waals surface area contributed by atoms with E-state index in [0.29, 0.717) is 25.9 Å². The molecular weight excluding hydrogens is 370 g/mol. The third-order valence-electron chi connectivity index (χ3n) is 6.57. The van der Waals surface area contributed by atoms with Crippen molar-refractivity contribution in [3.05, 3.63) is 29.8 Å². The summed E-state index contributed by atoms with van der Waals surface area (Å²) in [7, 11) is 1.63. The molecule has 1 N–H and O–H groups in total. The Kier molecular flexibility index (Phi) is 6.06. The molecule has 1 aromatic rings. The van der Waals surface area contributed by atoms with Gasteiger partial charge in [-0.25, -0.2) is 0 Å². The number of ether oxygens (including phenoxy) is 2. The molecule has 0 bridgehead atoms. The highest BCUT2D eigenvalue weighted by Gasteiger charge is 2.53. The summed E-state index contributed by atoms with van der Waals surface area (Å²) in [5.74, 6) is 0.926. The van der Waals surface area contributed by atoms with Crippen LogP contribution in [0.15, 0.2) is 24.3 Å². The van der Waals surface area contributed by atoms with E-state index in [1.165, 1.54) is 0 Å². The maximum Gasteiger partial charge on any atom is 0.232 e. The van der Waals surface area contributed by atoms with Gasteiger partial charge in [0.2, 0.25) is 11.8 Å². The standard InChI is InChI=1S/C22H31N3O4/c1-28-19-5-2-4-17(14-19)22(15-18-6-7-20(26)25(18)16-22)21(27)23-8-3-9-24-10-12-29-13-11-24/h2,4-5,14,18H,3,6-13,15-16H2,1H3,(H,23,27). The van der Waals surface area contributed by atoms with Crippen molar-refractivity contribution in [1.29, 1.82) is 0 Å². The highest BCUT2D eigenvalue weighted by molar-refractivity contribution is 5.91. The zero-order valence-electron chi connectivity index (χ0n) is 17.2. The molecule has 3 aliphatic rings. The summed E-state index contributed by atoms with van der Waals surface area (Å²) >= 11 is 0. The minimum atomic E-state index is -0.700. The largest absolute Gasteiger partial charge is 0.497 e. The second kappa shape index (κ2) is 8.71. The second-order valence-electron chi connectivity index (χ2n) is 8.30. The van der Waals surface area contributed by atoms with E-state index in [0.717, 1.165) is 57.0 Å². The Balaban J connectivity index is 1.45. The predicted molar refractivity (Wildman–Crippen MR) is 109 cm³/mol. The van der Waals surface area contributed by atoms with Crippen molar-refractivity contribution in [2.24, 2.45) is 0 Å². The molecule has 3 heterocycles. The van der Waals surface area contributed by atoms with Crippen molar-refractivity contribution in [1.82, 2.24) is 15.1 Å². The number of carbonyl (C=O) groups is 2. The van der Waals surface area contributed by atoms with Crippen LogP contribution in [0.25, 0.3) is 0 Å². The predicted octanol–water partition coefficient (Wildman–Crippen LogP) is 1.17. The zero-order chi connectivity index (χ0) is 20.3. The minimum Gasteiger partial charge on any atom is -0.497 e. The number of fused-ring (bicyclic) bond motifs is 1. The molecule has 2 atom stereocenters. The lowest BCUT2D eigenvalue weighted by atomic mass is 9.76. The molecule has 0 aromatic heterocycles. The van der Waals surface area contributed by atoms with Gasteiger partial charge in [0, 0.05) is 38.6 Å². The lowest BCUT2D eigenvalue weighted by Crippen LogP contribution is -2.47. The summed E-state index contributed by atoms with van der Waals surface area (Å²) in [4.78, 5) is 30.0. The summed E-state index contributed by atoms with van der Waals surface area (Å²) in [6, 6.07) is 7.90. The van der Waals surface area contributed by atoms with Crippen LogP contribution in [0, 0.1) is 0 Å². The van der Waals surface area contributed by atoms with Gasteiger partial charge < -0.3 is 19.7 Å². The fraction of sp³-hybridized carbons (Fsp3) is 0.636. The van der Waals surface area contributed by atoms with Gasteiger partial charge in [0.05, 0.1) is 25.7 Å². The average Bonchev–Trinajstić information content (AvgIpc) is 3.31. The Morgan fingerprint density at radius 3 is 2.93 bits per heavy atom. The van der Waals surface area contributed by atoms with Crippen LogP contribution >= 0.6 is 0 Å². The van der Waals surface area contributed by atoms with E-state index in [2.05, 4.69) is 10.2 Å².